The topological polar surface area (TPSA) is 50.4 Å². The molecule has 0 radical (unpaired) electrons. The fourth-order valence-corrected chi connectivity index (χ4v) is 1.92. The second-order valence-corrected chi connectivity index (χ2v) is 4.98. The van der Waals surface area contributed by atoms with Gasteiger partial charge in [-0.3, -0.25) is 4.79 Å². The smallest absolute Gasteiger partial charge is 0.250 e. The quantitative estimate of drug-likeness (QED) is 0.885. The van der Waals surface area contributed by atoms with Gasteiger partial charge in [0.1, 0.15) is 12.4 Å². The van der Waals surface area contributed by atoms with Gasteiger partial charge in [0, 0.05) is 23.2 Å². The second-order valence-electron chi connectivity index (χ2n) is 4.54. The molecule has 0 aliphatic carbocycles. The van der Waals surface area contributed by atoms with Crippen LogP contribution >= 0.6 is 11.6 Å². The van der Waals surface area contributed by atoms with Crippen LogP contribution < -0.4 is 15.4 Å². The maximum atomic E-state index is 12.0. The third kappa shape index (κ3) is 3.49. The standard InChI is InChI=1S/C14H17ClN2O2/c1-9(16-2)7-17-14(18)11-5-10-6-12(15)3-4-13(10)19-8-11/h3-6,9,16H,7-8H2,1-2H3,(H,17,18). The lowest BCUT2D eigenvalue weighted by molar-refractivity contribution is -0.117. The average Bonchev–Trinajstić information content (AvgIpc) is 2.43. The zero-order valence-electron chi connectivity index (χ0n) is 11.0. The van der Waals surface area contributed by atoms with E-state index in [0.717, 1.165) is 11.3 Å². The summed E-state index contributed by atoms with van der Waals surface area (Å²) in [5.41, 5.74) is 1.45. The first-order chi connectivity index (χ1) is 9.10. The molecule has 19 heavy (non-hydrogen) atoms. The van der Waals surface area contributed by atoms with Crippen LogP contribution in [0.4, 0.5) is 0 Å². The number of ether oxygens (including phenoxy) is 1. The summed E-state index contributed by atoms with van der Waals surface area (Å²) < 4.78 is 5.54. The highest BCUT2D eigenvalue weighted by Crippen LogP contribution is 2.28. The first kappa shape index (κ1) is 13.9. The van der Waals surface area contributed by atoms with Gasteiger partial charge in [0.15, 0.2) is 0 Å². The summed E-state index contributed by atoms with van der Waals surface area (Å²) in [6.45, 7) is 2.87. The summed E-state index contributed by atoms with van der Waals surface area (Å²) in [5.74, 6) is 0.650. The molecule has 0 spiro atoms. The summed E-state index contributed by atoms with van der Waals surface area (Å²) in [4.78, 5) is 12.0. The van der Waals surface area contributed by atoms with Crippen molar-refractivity contribution < 1.29 is 9.53 Å². The first-order valence-electron chi connectivity index (χ1n) is 6.18. The largest absolute Gasteiger partial charge is 0.488 e. The Morgan fingerprint density at radius 1 is 1.53 bits per heavy atom. The second kappa shape index (κ2) is 6.08. The number of fused-ring (bicyclic) bond motifs is 1. The van der Waals surface area contributed by atoms with E-state index in [9.17, 15) is 4.79 Å². The van der Waals surface area contributed by atoms with Gasteiger partial charge in [0.05, 0.1) is 5.57 Å². The van der Waals surface area contributed by atoms with Gasteiger partial charge in [-0.2, -0.15) is 0 Å². The fraction of sp³-hybridized carbons (Fsp3) is 0.357. The average molecular weight is 281 g/mol. The Morgan fingerprint density at radius 3 is 3.05 bits per heavy atom. The molecule has 102 valence electrons. The Hall–Kier alpha value is -1.52. The summed E-state index contributed by atoms with van der Waals surface area (Å²) >= 11 is 5.93. The first-order valence-corrected chi connectivity index (χ1v) is 6.56. The molecule has 2 N–H and O–H groups in total. The fourth-order valence-electron chi connectivity index (χ4n) is 1.74. The minimum absolute atomic E-state index is 0.104. The molecule has 1 atom stereocenters. The molecule has 1 unspecified atom stereocenters. The van der Waals surface area contributed by atoms with Crippen LogP contribution in [0.15, 0.2) is 23.8 Å². The monoisotopic (exact) mass is 280 g/mol. The summed E-state index contributed by atoms with van der Waals surface area (Å²) in [6, 6.07) is 5.61. The lowest BCUT2D eigenvalue weighted by atomic mass is 10.1. The Balaban J connectivity index is 2.08. The highest BCUT2D eigenvalue weighted by molar-refractivity contribution is 6.30. The maximum absolute atomic E-state index is 12.0. The molecule has 1 aliphatic heterocycles. The van der Waals surface area contributed by atoms with Crippen molar-refractivity contribution in [3.8, 4) is 5.75 Å². The van der Waals surface area contributed by atoms with E-state index < -0.39 is 0 Å². The number of amides is 1. The van der Waals surface area contributed by atoms with E-state index in [1.165, 1.54) is 0 Å². The van der Waals surface area contributed by atoms with Gasteiger partial charge in [-0.15, -0.1) is 0 Å². The van der Waals surface area contributed by atoms with Gasteiger partial charge in [0.25, 0.3) is 5.91 Å². The summed E-state index contributed by atoms with van der Waals surface area (Å²) in [5, 5.41) is 6.56. The number of carbonyl (C=O) groups excluding carboxylic acids is 1. The lowest BCUT2D eigenvalue weighted by Crippen LogP contribution is -2.38. The van der Waals surface area contributed by atoms with Crippen molar-refractivity contribution in [2.24, 2.45) is 0 Å². The zero-order valence-corrected chi connectivity index (χ0v) is 11.8. The van der Waals surface area contributed by atoms with Crippen LogP contribution in [0.2, 0.25) is 5.02 Å². The molecule has 0 saturated carbocycles. The minimum Gasteiger partial charge on any atom is -0.488 e. The molecular weight excluding hydrogens is 264 g/mol. The Bertz CT molecular complexity index is 514. The molecule has 4 nitrogen and oxygen atoms in total. The van der Waals surface area contributed by atoms with Gasteiger partial charge in [-0.1, -0.05) is 11.6 Å². The number of rotatable bonds is 4. The van der Waals surface area contributed by atoms with Gasteiger partial charge >= 0.3 is 0 Å². The SMILES string of the molecule is CNC(C)CNC(=O)C1=Cc2cc(Cl)ccc2OC1. The van der Waals surface area contributed by atoms with E-state index in [0.29, 0.717) is 17.1 Å². The maximum Gasteiger partial charge on any atom is 0.250 e. The van der Waals surface area contributed by atoms with Gasteiger partial charge in [0.2, 0.25) is 0 Å². The number of nitrogens with one attached hydrogen (secondary N) is 2. The number of halogens is 1. The molecule has 1 aromatic rings. The molecule has 2 rings (SSSR count). The van der Waals surface area contributed by atoms with Crippen molar-refractivity contribution in [3.63, 3.8) is 0 Å². The highest BCUT2D eigenvalue weighted by atomic mass is 35.5. The molecule has 1 aliphatic rings. The Morgan fingerprint density at radius 2 is 2.32 bits per heavy atom. The van der Waals surface area contributed by atoms with E-state index in [1.54, 1.807) is 12.1 Å². The lowest BCUT2D eigenvalue weighted by Gasteiger charge is -2.18. The predicted molar refractivity (Wildman–Crippen MR) is 76.5 cm³/mol. The number of carbonyl (C=O) groups is 1. The third-order valence-electron chi connectivity index (χ3n) is 3.04. The van der Waals surface area contributed by atoms with Crippen LogP contribution in [0.3, 0.4) is 0 Å². The van der Waals surface area contributed by atoms with Crippen molar-refractivity contribution in [2.75, 3.05) is 20.2 Å². The molecule has 1 heterocycles. The van der Waals surface area contributed by atoms with E-state index in [-0.39, 0.29) is 18.6 Å². The van der Waals surface area contributed by atoms with Crippen molar-refractivity contribution in [3.05, 3.63) is 34.4 Å². The van der Waals surface area contributed by atoms with Crippen molar-refractivity contribution in [1.29, 1.82) is 0 Å². The normalized spacial score (nSPS) is 15.0. The third-order valence-corrected chi connectivity index (χ3v) is 3.27. The Labute approximate surface area is 117 Å². The number of hydrogen-bond donors (Lipinski definition) is 2. The molecule has 1 amide bonds. The van der Waals surface area contributed by atoms with Crippen molar-refractivity contribution in [1.82, 2.24) is 10.6 Å². The zero-order chi connectivity index (χ0) is 13.8. The van der Waals surface area contributed by atoms with Crippen LogP contribution in [0.25, 0.3) is 6.08 Å². The molecule has 5 heteroatoms. The van der Waals surface area contributed by atoms with Crippen molar-refractivity contribution >= 4 is 23.6 Å². The molecule has 0 fully saturated rings. The molecule has 0 aromatic heterocycles. The number of benzene rings is 1. The van der Waals surface area contributed by atoms with E-state index >= 15 is 0 Å². The highest BCUT2D eigenvalue weighted by Gasteiger charge is 2.17. The van der Waals surface area contributed by atoms with Crippen LogP contribution in [-0.2, 0) is 4.79 Å². The van der Waals surface area contributed by atoms with Crippen LogP contribution in [0, 0.1) is 0 Å². The molecule has 0 bridgehead atoms. The number of likely N-dealkylation sites (N-methyl/N-ethyl adjacent to an activating group) is 1. The van der Waals surface area contributed by atoms with Crippen LogP contribution in [-0.4, -0.2) is 32.1 Å². The predicted octanol–water partition coefficient (Wildman–Crippen LogP) is 1.84. The van der Waals surface area contributed by atoms with E-state index in [1.807, 2.05) is 26.1 Å². The van der Waals surface area contributed by atoms with Crippen LogP contribution in [0.5, 0.6) is 5.75 Å². The number of hydrogen-bond acceptors (Lipinski definition) is 3. The summed E-state index contributed by atoms with van der Waals surface area (Å²) in [6.07, 6.45) is 1.82. The van der Waals surface area contributed by atoms with Gasteiger partial charge in [-0.25, -0.2) is 0 Å². The van der Waals surface area contributed by atoms with Crippen molar-refractivity contribution in [2.45, 2.75) is 13.0 Å². The summed E-state index contributed by atoms with van der Waals surface area (Å²) in [7, 11) is 1.86. The molecule has 1 aromatic carbocycles. The minimum atomic E-state index is -0.104. The van der Waals surface area contributed by atoms with Gasteiger partial charge in [-0.05, 0) is 38.2 Å². The van der Waals surface area contributed by atoms with Gasteiger partial charge < -0.3 is 15.4 Å². The van der Waals surface area contributed by atoms with Crippen LogP contribution in [0.1, 0.15) is 12.5 Å². The Kier molecular flexibility index (Phi) is 4.45. The van der Waals surface area contributed by atoms with E-state index in [4.69, 9.17) is 16.3 Å². The van der Waals surface area contributed by atoms with E-state index in [2.05, 4.69) is 10.6 Å². The molecular formula is C14H17ClN2O2. The molecule has 0 saturated heterocycles.